The van der Waals surface area contributed by atoms with Crippen molar-refractivity contribution in [2.75, 3.05) is 0 Å². The summed E-state index contributed by atoms with van der Waals surface area (Å²) in [4.78, 5) is 0. The normalized spacial score (nSPS) is 34.8. The minimum atomic E-state index is 0.327. The van der Waals surface area contributed by atoms with Gasteiger partial charge in [-0.3, -0.25) is 0 Å². The first-order valence-corrected chi connectivity index (χ1v) is 13.6. The summed E-state index contributed by atoms with van der Waals surface area (Å²) < 4.78 is 0. The van der Waals surface area contributed by atoms with E-state index in [0.29, 0.717) is 10.8 Å². The molecule has 0 aromatic rings. The summed E-state index contributed by atoms with van der Waals surface area (Å²) in [6.45, 7) is 26.8. The first-order valence-electron chi connectivity index (χ1n) is 13.6. The van der Waals surface area contributed by atoms with E-state index in [-0.39, 0.29) is 0 Å². The van der Waals surface area contributed by atoms with Crippen molar-refractivity contribution in [3.8, 4) is 0 Å². The van der Waals surface area contributed by atoms with Crippen molar-refractivity contribution in [2.45, 2.75) is 127 Å². The third kappa shape index (κ3) is 5.38. The SMILES string of the molecule is C=C(C)C(C)(CCC(C)C)C1CCC2(C)C(C(C)CCCC(C)C)CCC2C1CC. The lowest BCUT2D eigenvalue weighted by Crippen LogP contribution is -2.47. The molecule has 2 saturated carbocycles. The van der Waals surface area contributed by atoms with Crippen molar-refractivity contribution in [3.05, 3.63) is 12.2 Å². The lowest BCUT2D eigenvalue weighted by atomic mass is 9.50. The van der Waals surface area contributed by atoms with Gasteiger partial charge in [-0.05, 0) is 91.3 Å². The Bertz CT molecular complexity index is 542. The lowest BCUT2D eigenvalue weighted by molar-refractivity contribution is -0.0432. The zero-order chi connectivity index (χ0) is 22.7. The Labute approximate surface area is 191 Å². The Kier molecular flexibility index (Phi) is 9.16. The average Bonchev–Trinajstić information content (AvgIpc) is 3.01. The molecule has 7 unspecified atom stereocenters. The monoisotopic (exact) mass is 416 g/mol. The van der Waals surface area contributed by atoms with Gasteiger partial charge in [0.25, 0.3) is 0 Å². The summed E-state index contributed by atoms with van der Waals surface area (Å²) in [5.74, 6) is 6.18. The maximum absolute atomic E-state index is 4.54. The zero-order valence-electron chi connectivity index (χ0n) is 22.3. The zero-order valence-corrected chi connectivity index (χ0v) is 22.3. The fraction of sp³-hybridized carbons (Fsp3) is 0.933. The van der Waals surface area contributed by atoms with E-state index in [4.69, 9.17) is 0 Å². The van der Waals surface area contributed by atoms with E-state index in [0.717, 1.165) is 41.4 Å². The van der Waals surface area contributed by atoms with Crippen LogP contribution in [0.1, 0.15) is 127 Å². The maximum atomic E-state index is 4.54. The lowest BCUT2D eigenvalue weighted by Gasteiger charge is -2.55. The predicted octanol–water partition coefficient (Wildman–Crippen LogP) is 9.94. The molecule has 0 radical (unpaired) electrons. The van der Waals surface area contributed by atoms with Gasteiger partial charge in [0.15, 0.2) is 0 Å². The van der Waals surface area contributed by atoms with Crippen molar-refractivity contribution in [3.63, 3.8) is 0 Å². The molecule has 0 nitrogen and oxygen atoms in total. The molecular formula is C30H56. The highest BCUT2D eigenvalue weighted by Gasteiger charge is 2.56. The molecule has 30 heavy (non-hydrogen) atoms. The maximum Gasteiger partial charge on any atom is -0.00907 e. The molecule has 0 saturated heterocycles. The highest BCUT2D eigenvalue weighted by Crippen LogP contribution is 2.65. The number of hydrogen-bond acceptors (Lipinski definition) is 0. The molecular weight excluding hydrogens is 360 g/mol. The van der Waals surface area contributed by atoms with Crippen LogP contribution in [0.2, 0.25) is 0 Å². The van der Waals surface area contributed by atoms with Gasteiger partial charge in [-0.25, -0.2) is 0 Å². The second kappa shape index (κ2) is 10.6. The molecule has 2 aliphatic rings. The molecule has 2 fully saturated rings. The second-order valence-corrected chi connectivity index (χ2v) is 12.9. The van der Waals surface area contributed by atoms with Crippen LogP contribution in [-0.4, -0.2) is 0 Å². The Hall–Kier alpha value is -0.260. The van der Waals surface area contributed by atoms with Crippen molar-refractivity contribution >= 4 is 0 Å². The van der Waals surface area contributed by atoms with Crippen LogP contribution in [0.3, 0.4) is 0 Å². The summed E-state index contributed by atoms with van der Waals surface area (Å²) in [6.07, 6.45) is 14.2. The number of allylic oxidation sites excluding steroid dienone is 1. The number of hydrogen-bond donors (Lipinski definition) is 0. The molecule has 2 rings (SSSR count). The summed E-state index contributed by atoms with van der Waals surface area (Å²) in [5, 5.41) is 0. The van der Waals surface area contributed by atoms with E-state index in [1.54, 1.807) is 0 Å². The Morgan fingerprint density at radius 3 is 2.17 bits per heavy atom. The molecule has 176 valence electrons. The standard InChI is InChI=1S/C30H56/c1-11-25-27-16-15-26(24(8)14-12-13-21(2)3)30(27,10)20-18-28(25)29(9,23(6)7)19-17-22(4)5/h21-22,24-28H,6,11-20H2,1-5,7-10H3. The van der Waals surface area contributed by atoms with Crippen LogP contribution in [-0.2, 0) is 0 Å². The number of fused-ring (bicyclic) bond motifs is 1. The average molecular weight is 417 g/mol. The molecule has 7 atom stereocenters. The third-order valence-electron chi connectivity index (χ3n) is 10.1. The molecule has 0 spiro atoms. The van der Waals surface area contributed by atoms with Gasteiger partial charge in [-0.2, -0.15) is 0 Å². The molecule has 2 aliphatic carbocycles. The topological polar surface area (TPSA) is 0 Å². The van der Waals surface area contributed by atoms with Crippen molar-refractivity contribution in [2.24, 2.45) is 52.3 Å². The van der Waals surface area contributed by atoms with Crippen LogP contribution in [0.5, 0.6) is 0 Å². The highest BCUT2D eigenvalue weighted by atomic mass is 14.6. The molecule has 0 N–H and O–H groups in total. The van der Waals surface area contributed by atoms with E-state index in [1.165, 1.54) is 69.8 Å². The van der Waals surface area contributed by atoms with Crippen LogP contribution < -0.4 is 0 Å². The quantitative estimate of drug-likeness (QED) is 0.294. The van der Waals surface area contributed by atoms with Gasteiger partial charge >= 0.3 is 0 Å². The van der Waals surface area contributed by atoms with Gasteiger partial charge in [-0.1, -0.05) is 99.6 Å². The molecule has 0 bridgehead atoms. The van der Waals surface area contributed by atoms with E-state index in [1.807, 2.05) is 0 Å². The summed E-state index contributed by atoms with van der Waals surface area (Å²) in [5.41, 5.74) is 2.36. The summed E-state index contributed by atoms with van der Waals surface area (Å²) >= 11 is 0. The fourth-order valence-corrected chi connectivity index (χ4v) is 7.98. The molecule has 0 amide bonds. The van der Waals surface area contributed by atoms with Gasteiger partial charge in [0, 0.05) is 0 Å². The van der Waals surface area contributed by atoms with Crippen LogP contribution in [0.15, 0.2) is 12.2 Å². The predicted molar refractivity (Wildman–Crippen MR) is 136 cm³/mol. The number of rotatable bonds is 11. The molecule has 0 aromatic carbocycles. The highest BCUT2D eigenvalue weighted by molar-refractivity contribution is 5.13. The van der Waals surface area contributed by atoms with E-state index in [2.05, 4.69) is 68.9 Å². The Morgan fingerprint density at radius 1 is 1.00 bits per heavy atom. The van der Waals surface area contributed by atoms with Crippen LogP contribution in [0.4, 0.5) is 0 Å². The summed E-state index contributed by atoms with van der Waals surface area (Å²) in [7, 11) is 0. The molecule has 0 heteroatoms. The van der Waals surface area contributed by atoms with E-state index < -0.39 is 0 Å². The molecule has 0 aliphatic heterocycles. The Morgan fingerprint density at radius 2 is 1.63 bits per heavy atom. The first kappa shape index (κ1) is 26.0. The Balaban J connectivity index is 2.18. The van der Waals surface area contributed by atoms with Gasteiger partial charge in [0.2, 0.25) is 0 Å². The fourth-order valence-electron chi connectivity index (χ4n) is 7.98. The van der Waals surface area contributed by atoms with Crippen molar-refractivity contribution < 1.29 is 0 Å². The van der Waals surface area contributed by atoms with Crippen LogP contribution in [0.25, 0.3) is 0 Å². The summed E-state index contributed by atoms with van der Waals surface area (Å²) in [6, 6.07) is 0. The van der Waals surface area contributed by atoms with E-state index in [9.17, 15) is 0 Å². The van der Waals surface area contributed by atoms with Crippen molar-refractivity contribution in [1.82, 2.24) is 0 Å². The second-order valence-electron chi connectivity index (χ2n) is 12.9. The third-order valence-corrected chi connectivity index (χ3v) is 10.1. The minimum absolute atomic E-state index is 0.327. The first-order chi connectivity index (χ1) is 14.0. The molecule has 0 heterocycles. The smallest absolute Gasteiger partial charge is 0.00907 e. The van der Waals surface area contributed by atoms with E-state index >= 15 is 0 Å². The largest absolute Gasteiger partial charge is 0.0996 e. The van der Waals surface area contributed by atoms with Gasteiger partial charge in [0.1, 0.15) is 0 Å². The van der Waals surface area contributed by atoms with Gasteiger partial charge in [-0.15, -0.1) is 0 Å². The van der Waals surface area contributed by atoms with Crippen LogP contribution in [0, 0.1) is 52.3 Å². The molecule has 0 aromatic heterocycles. The van der Waals surface area contributed by atoms with Gasteiger partial charge < -0.3 is 0 Å². The van der Waals surface area contributed by atoms with Crippen LogP contribution >= 0.6 is 0 Å². The van der Waals surface area contributed by atoms with Gasteiger partial charge in [0.05, 0.1) is 0 Å². The van der Waals surface area contributed by atoms with Crippen molar-refractivity contribution in [1.29, 1.82) is 0 Å². The minimum Gasteiger partial charge on any atom is -0.0996 e.